The summed E-state index contributed by atoms with van der Waals surface area (Å²) in [5.41, 5.74) is 2.33. The van der Waals surface area contributed by atoms with Gasteiger partial charge in [0.05, 0.1) is 30.9 Å². The van der Waals surface area contributed by atoms with Crippen molar-refractivity contribution in [3.8, 4) is 0 Å². The van der Waals surface area contributed by atoms with Gasteiger partial charge in [-0.2, -0.15) is 0 Å². The number of fused-ring (bicyclic) bond motifs is 1. The van der Waals surface area contributed by atoms with Crippen LogP contribution >= 0.6 is 11.3 Å². The van der Waals surface area contributed by atoms with Crippen molar-refractivity contribution in [3.63, 3.8) is 0 Å². The molecule has 1 N–H and O–H groups in total. The topological polar surface area (TPSA) is 38.1 Å². The second-order valence-electron chi connectivity index (χ2n) is 4.16. The largest absolute Gasteiger partial charge is 0.390 e. The summed E-state index contributed by atoms with van der Waals surface area (Å²) >= 11 is 1.84. The number of thiophene rings is 1. The monoisotopic (exact) mass is 234 g/mol. The number of imidazole rings is 1. The van der Waals surface area contributed by atoms with Crippen molar-refractivity contribution in [3.05, 3.63) is 40.1 Å². The normalized spacial score (nSPS) is 19.7. The maximum atomic E-state index is 9.28. The molecular weight excluding hydrogens is 220 g/mol. The summed E-state index contributed by atoms with van der Waals surface area (Å²) < 4.78 is 2.12. The minimum absolute atomic E-state index is 0.0654. The molecule has 0 amide bonds. The van der Waals surface area contributed by atoms with E-state index >= 15 is 0 Å². The van der Waals surface area contributed by atoms with E-state index in [1.165, 1.54) is 23.3 Å². The van der Waals surface area contributed by atoms with E-state index in [4.69, 9.17) is 0 Å². The fourth-order valence-electron chi connectivity index (χ4n) is 2.49. The molecule has 1 aliphatic rings. The molecule has 2 aromatic heterocycles. The number of aliphatic hydroxyl groups is 1. The summed E-state index contributed by atoms with van der Waals surface area (Å²) in [6, 6.07) is 2.59. The summed E-state index contributed by atoms with van der Waals surface area (Å²) in [4.78, 5) is 5.63. The molecule has 0 aliphatic heterocycles. The minimum Gasteiger partial charge on any atom is -0.390 e. The lowest BCUT2D eigenvalue weighted by Crippen LogP contribution is -2.16. The molecule has 1 atom stereocenters. The van der Waals surface area contributed by atoms with Gasteiger partial charge in [-0.05, 0) is 36.3 Å². The Labute approximate surface area is 98.4 Å². The average Bonchev–Trinajstić information content (AvgIpc) is 2.96. The van der Waals surface area contributed by atoms with E-state index in [2.05, 4.69) is 21.0 Å². The first-order chi connectivity index (χ1) is 7.90. The van der Waals surface area contributed by atoms with Gasteiger partial charge in [0.15, 0.2) is 0 Å². The molecule has 0 aromatic carbocycles. The first-order valence-electron chi connectivity index (χ1n) is 5.58. The molecular formula is C12H14N2OS. The van der Waals surface area contributed by atoms with Gasteiger partial charge in [-0.25, -0.2) is 4.98 Å². The second kappa shape index (κ2) is 4.03. The lowest BCUT2D eigenvalue weighted by Gasteiger charge is -2.25. The summed E-state index contributed by atoms with van der Waals surface area (Å²) in [5, 5.41) is 11.4. The first-order valence-corrected chi connectivity index (χ1v) is 6.46. The van der Waals surface area contributed by atoms with Gasteiger partial charge in [-0.15, -0.1) is 11.3 Å². The number of aryl methyl sites for hydroxylation is 1. The van der Waals surface area contributed by atoms with Crippen molar-refractivity contribution in [1.82, 2.24) is 9.55 Å². The number of aromatic nitrogens is 2. The van der Waals surface area contributed by atoms with Gasteiger partial charge in [0.25, 0.3) is 0 Å². The summed E-state index contributed by atoms with van der Waals surface area (Å²) in [6.45, 7) is 0.0654. The summed E-state index contributed by atoms with van der Waals surface area (Å²) in [7, 11) is 0. The predicted octanol–water partition coefficient (Wildman–Crippen LogP) is 2.36. The van der Waals surface area contributed by atoms with E-state index in [0.29, 0.717) is 6.04 Å². The van der Waals surface area contributed by atoms with E-state index in [1.807, 2.05) is 17.7 Å². The highest BCUT2D eigenvalue weighted by Crippen LogP contribution is 2.36. The van der Waals surface area contributed by atoms with Crippen LogP contribution in [0.25, 0.3) is 0 Å². The van der Waals surface area contributed by atoms with Gasteiger partial charge in [0.1, 0.15) is 0 Å². The third-order valence-electron chi connectivity index (χ3n) is 3.26. The summed E-state index contributed by atoms with van der Waals surface area (Å²) in [6.07, 6.45) is 7.16. The van der Waals surface area contributed by atoms with E-state index in [1.54, 1.807) is 6.20 Å². The number of aliphatic hydroxyl groups excluding tert-OH is 1. The van der Waals surface area contributed by atoms with Gasteiger partial charge in [-0.1, -0.05) is 0 Å². The van der Waals surface area contributed by atoms with Gasteiger partial charge < -0.3 is 9.67 Å². The molecule has 0 fully saturated rings. The molecule has 4 heteroatoms. The van der Waals surface area contributed by atoms with E-state index in [0.717, 1.165) is 12.1 Å². The molecule has 1 aliphatic carbocycles. The zero-order valence-corrected chi connectivity index (χ0v) is 9.78. The van der Waals surface area contributed by atoms with Crippen molar-refractivity contribution in [2.45, 2.75) is 31.9 Å². The number of nitrogens with zero attached hydrogens (tertiary/aromatic N) is 2. The Bertz CT molecular complexity index is 489. The molecule has 2 aromatic rings. The van der Waals surface area contributed by atoms with Crippen LogP contribution in [0.1, 0.15) is 35.0 Å². The molecule has 3 nitrogen and oxygen atoms in total. The van der Waals surface area contributed by atoms with Crippen LogP contribution in [0, 0.1) is 0 Å². The quantitative estimate of drug-likeness (QED) is 0.866. The summed E-state index contributed by atoms with van der Waals surface area (Å²) in [5.74, 6) is 0. The Kier molecular flexibility index (Phi) is 2.53. The van der Waals surface area contributed by atoms with Crippen LogP contribution in [0.5, 0.6) is 0 Å². The molecule has 2 heterocycles. The lowest BCUT2D eigenvalue weighted by atomic mass is 9.94. The van der Waals surface area contributed by atoms with Crippen molar-refractivity contribution < 1.29 is 5.11 Å². The molecule has 0 spiro atoms. The Hall–Kier alpha value is -1.13. The van der Waals surface area contributed by atoms with Crippen LogP contribution in [0.15, 0.2) is 24.0 Å². The van der Waals surface area contributed by atoms with Crippen LogP contribution in [0.2, 0.25) is 0 Å². The zero-order chi connectivity index (χ0) is 11.0. The molecule has 0 saturated carbocycles. The highest BCUT2D eigenvalue weighted by atomic mass is 32.1. The Morgan fingerprint density at radius 2 is 2.50 bits per heavy atom. The molecule has 84 valence electrons. The molecule has 3 rings (SSSR count). The van der Waals surface area contributed by atoms with Gasteiger partial charge in [0, 0.05) is 4.88 Å². The van der Waals surface area contributed by atoms with E-state index in [-0.39, 0.29) is 6.61 Å². The van der Waals surface area contributed by atoms with E-state index in [9.17, 15) is 5.11 Å². The lowest BCUT2D eigenvalue weighted by molar-refractivity contribution is 0.266. The van der Waals surface area contributed by atoms with Crippen LogP contribution in [0.3, 0.4) is 0 Å². The van der Waals surface area contributed by atoms with Crippen LogP contribution in [-0.4, -0.2) is 14.7 Å². The number of hydrogen-bond donors (Lipinski definition) is 1. The SMILES string of the molecule is OCc1cncn1C1CCCc2sccc21. The fourth-order valence-corrected chi connectivity index (χ4v) is 3.47. The highest BCUT2D eigenvalue weighted by Gasteiger charge is 2.23. The maximum Gasteiger partial charge on any atom is 0.0954 e. The Balaban J connectivity index is 2.04. The van der Waals surface area contributed by atoms with Crippen molar-refractivity contribution in [2.24, 2.45) is 0 Å². The second-order valence-corrected chi connectivity index (χ2v) is 5.16. The fraction of sp³-hybridized carbons (Fsp3) is 0.417. The molecule has 1 unspecified atom stereocenters. The van der Waals surface area contributed by atoms with Crippen molar-refractivity contribution in [2.75, 3.05) is 0 Å². The number of hydrogen-bond acceptors (Lipinski definition) is 3. The minimum atomic E-state index is 0.0654. The first kappa shape index (κ1) is 10.1. The van der Waals surface area contributed by atoms with Gasteiger partial charge >= 0.3 is 0 Å². The molecule has 16 heavy (non-hydrogen) atoms. The zero-order valence-electron chi connectivity index (χ0n) is 8.97. The Morgan fingerprint density at radius 1 is 1.56 bits per heavy atom. The molecule has 0 saturated heterocycles. The van der Waals surface area contributed by atoms with Crippen LogP contribution in [-0.2, 0) is 13.0 Å². The van der Waals surface area contributed by atoms with Crippen molar-refractivity contribution in [1.29, 1.82) is 0 Å². The smallest absolute Gasteiger partial charge is 0.0954 e. The third-order valence-corrected chi connectivity index (χ3v) is 4.26. The average molecular weight is 234 g/mol. The van der Waals surface area contributed by atoms with Crippen molar-refractivity contribution >= 4 is 11.3 Å². The van der Waals surface area contributed by atoms with Gasteiger partial charge in [-0.3, -0.25) is 0 Å². The van der Waals surface area contributed by atoms with Crippen LogP contribution < -0.4 is 0 Å². The maximum absolute atomic E-state index is 9.28. The standard InChI is InChI=1S/C12H14N2OS/c15-7-9-6-13-8-14(9)11-2-1-3-12-10(11)4-5-16-12/h4-6,8,11,15H,1-3,7H2. The predicted molar refractivity (Wildman–Crippen MR) is 63.5 cm³/mol. The number of rotatable bonds is 2. The van der Waals surface area contributed by atoms with E-state index < -0.39 is 0 Å². The highest BCUT2D eigenvalue weighted by molar-refractivity contribution is 7.10. The van der Waals surface area contributed by atoms with Crippen LogP contribution in [0.4, 0.5) is 0 Å². The Morgan fingerprint density at radius 3 is 3.38 bits per heavy atom. The molecule has 0 radical (unpaired) electrons. The third kappa shape index (κ3) is 1.49. The molecule has 0 bridgehead atoms. The van der Waals surface area contributed by atoms with Gasteiger partial charge in [0.2, 0.25) is 0 Å².